The van der Waals surface area contributed by atoms with E-state index in [0.717, 1.165) is 41.7 Å². The Labute approximate surface area is 139 Å². The van der Waals surface area contributed by atoms with Crippen molar-refractivity contribution >= 4 is 16.7 Å². The Hall–Kier alpha value is -3.08. The van der Waals surface area contributed by atoms with Crippen LogP contribution in [0.3, 0.4) is 0 Å². The maximum atomic E-state index is 4.60. The molecule has 0 saturated heterocycles. The zero-order valence-electron chi connectivity index (χ0n) is 13.2. The van der Waals surface area contributed by atoms with E-state index < -0.39 is 0 Å². The van der Waals surface area contributed by atoms with Crippen LogP contribution in [0.25, 0.3) is 22.2 Å². The van der Waals surface area contributed by atoms with Crippen molar-refractivity contribution in [3.05, 3.63) is 66.2 Å². The van der Waals surface area contributed by atoms with Crippen LogP contribution in [0.15, 0.2) is 55.1 Å². The Morgan fingerprint density at radius 1 is 1.12 bits per heavy atom. The molecule has 1 aromatic carbocycles. The number of hydrogen-bond donors (Lipinski definition) is 2. The lowest BCUT2D eigenvalue weighted by Crippen LogP contribution is -2.19. The molecule has 1 aliphatic rings. The molecule has 5 rings (SSSR count). The fraction of sp³-hybridized carbons (Fsp3) is 0.158. The number of fused-ring (bicyclic) bond motifs is 2. The topological polar surface area (TPSA) is 60.6 Å². The molecular formula is C19H17N5. The number of nitrogens with one attached hydrogen (secondary N) is 2. The van der Waals surface area contributed by atoms with Crippen LogP contribution in [-0.2, 0) is 13.0 Å². The third kappa shape index (κ3) is 2.09. The Bertz CT molecular complexity index is 1000. The highest BCUT2D eigenvalue weighted by Crippen LogP contribution is 2.31. The molecule has 0 fully saturated rings. The lowest BCUT2D eigenvalue weighted by molar-refractivity contribution is 0.834. The molecule has 0 bridgehead atoms. The Morgan fingerprint density at radius 2 is 2.08 bits per heavy atom. The van der Waals surface area contributed by atoms with E-state index in [1.807, 2.05) is 24.8 Å². The van der Waals surface area contributed by atoms with Crippen molar-refractivity contribution in [1.82, 2.24) is 20.2 Å². The van der Waals surface area contributed by atoms with Crippen LogP contribution >= 0.6 is 0 Å². The summed E-state index contributed by atoms with van der Waals surface area (Å²) in [5.74, 6) is 0. The van der Waals surface area contributed by atoms with Crippen molar-refractivity contribution in [2.45, 2.75) is 13.0 Å². The smallest absolute Gasteiger partial charge is 0.137 e. The van der Waals surface area contributed by atoms with E-state index in [2.05, 4.69) is 55.4 Å². The summed E-state index contributed by atoms with van der Waals surface area (Å²) in [4.78, 5) is 10.3. The Balaban J connectivity index is 1.51. The molecule has 0 atom stereocenters. The first-order valence-corrected chi connectivity index (χ1v) is 8.16. The molecule has 0 saturated carbocycles. The van der Waals surface area contributed by atoms with E-state index >= 15 is 0 Å². The second-order valence-electron chi connectivity index (χ2n) is 6.23. The third-order valence-corrected chi connectivity index (χ3v) is 4.75. The van der Waals surface area contributed by atoms with Gasteiger partial charge in [-0.1, -0.05) is 18.2 Å². The number of hydrogen-bond acceptors (Lipinski definition) is 3. The third-order valence-electron chi connectivity index (χ3n) is 4.75. The fourth-order valence-electron chi connectivity index (χ4n) is 3.56. The molecule has 1 aliphatic heterocycles. The van der Waals surface area contributed by atoms with Gasteiger partial charge < -0.3 is 9.88 Å². The summed E-state index contributed by atoms with van der Waals surface area (Å²) >= 11 is 0. The highest BCUT2D eigenvalue weighted by molar-refractivity contribution is 5.93. The molecule has 0 unspecified atom stereocenters. The number of pyridine rings is 1. The van der Waals surface area contributed by atoms with Crippen molar-refractivity contribution < 1.29 is 0 Å². The van der Waals surface area contributed by atoms with E-state index in [9.17, 15) is 0 Å². The minimum Gasteiger partial charge on any atom is -0.367 e. The molecule has 3 aromatic heterocycles. The fourth-order valence-corrected chi connectivity index (χ4v) is 3.56. The van der Waals surface area contributed by atoms with E-state index in [1.165, 1.54) is 16.8 Å². The SMILES string of the molecule is c1ccc2c(c1)CCN2Cc1cnc2[nH]cc(-c3cn[nH]c3)c2c1. The first-order chi connectivity index (χ1) is 11.9. The molecule has 4 aromatic rings. The van der Waals surface area contributed by atoms with Gasteiger partial charge in [-0.2, -0.15) is 5.10 Å². The number of aromatic amines is 2. The predicted molar refractivity (Wildman–Crippen MR) is 94.9 cm³/mol. The maximum Gasteiger partial charge on any atom is 0.137 e. The van der Waals surface area contributed by atoms with Crippen molar-refractivity contribution in [2.75, 3.05) is 11.4 Å². The van der Waals surface area contributed by atoms with Crippen LogP contribution in [0.1, 0.15) is 11.1 Å². The number of anilines is 1. The summed E-state index contributed by atoms with van der Waals surface area (Å²) in [5, 5.41) is 8.06. The quantitative estimate of drug-likeness (QED) is 0.608. The lowest BCUT2D eigenvalue weighted by atomic mass is 10.1. The average molecular weight is 315 g/mol. The van der Waals surface area contributed by atoms with Crippen molar-refractivity contribution in [3.63, 3.8) is 0 Å². The first-order valence-electron chi connectivity index (χ1n) is 8.16. The van der Waals surface area contributed by atoms with Crippen molar-refractivity contribution in [2.24, 2.45) is 0 Å². The van der Waals surface area contributed by atoms with Gasteiger partial charge in [0.05, 0.1) is 6.20 Å². The van der Waals surface area contributed by atoms with E-state index in [1.54, 1.807) is 0 Å². The molecule has 118 valence electrons. The van der Waals surface area contributed by atoms with Gasteiger partial charge in [-0.3, -0.25) is 5.10 Å². The summed E-state index contributed by atoms with van der Waals surface area (Å²) in [6.45, 7) is 1.95. The molecule has 0 radical (unpaired) electrons. The van der Waals surface area contributed by atoms with Crippen LogP contribution in [0.4, 0.5) is 5.69 Å². The van der Waals surface area contributed by atoms with Crippen LogP contribution in [0.5, 0.6) is 0 Å². The monoisotopic (exact) mass is 315 g/mol. The van der Waals surface area contributed by atoms with Crippen molar-refractivity contribution in [3.8, 4) is 11.1 Å². The molecule has 4 heterocycles. The number of aromatic nitrogens is 4. The van der Waals surface area contributed by atoms with Gasteiger partial charge in [-0.15, -0.1) is 0 Å². The largest absolute Gasteiger partial charge is 0.367 e. The average Bonchev–Trinajstić information content (AvgIpc) is 3.34. The number of para-hydroxylation sites is 1. The number of benzene rings is 1. The maximum absolute atomic E-state index is 4.60. The normalized spacial score (nSPS) is 13.6. The minimum atomic E-state index is 0.885. The standard InChI is InChI=1S/C19H17N5/c1-2-4-18-14(3-1)5-6-24(18)12-13-7-16-17(15-9-22-23-10-15)11-21-19(16)20-8-13/h1-4,7-11H,5-6,12H2,(H,20,21)(H,22,23). The zero-order chi connectivity index (χ0) is 15.9. The van der Waals surface area contributed by atoms with Gasteiger partial charge in [0.1, 0.15) is 5.65 Å². The van der Waals surface area contributed by atoms with Gasteiger partial charge in [-0.25, -0.2) is 4.98 Å². The van der Waals surface area contributed by atoms with E-state index in [0.29, 0.717) is 0 Å². The summed E-state index contributed by atoms with van der Waals surface area (Å²) < 4.78 is 0. The van der Waals surface area contributed by atoms with E-state index in [-0.39, 0.29) is 0 Å². The second-order valence-corrected chi connectivity index (χ2v) is 6.23. The highest BCUT2D eigenvalue weighted by Gasteiger charge is 2.19. The molecule has 0 amide bonds. The second kappa shape index (κ2) is 5.23. The summed E-state index contributed by atoms with van der Waals surface area (Å²) in [6, 6.07) is 10.9. The first kappa shape index (κ1) is 13.4. The molecule has 5 nitrogen and oxygen atoms in total. The Kier molecular flexibility index (Phi) is 2.91. The molecule has 5 heteroatoms. The summed E-state index contributed by atoms with van der Waals surface area (Å²) in [5.41, 5.74) is 7.14. The van der Waals surface area contributed by atoms with E-state index in [4.69, 9.17) is 0 Å². The number of H-pyrrole nitrogens is 2. The predicted octanol–water partition coefficient (Wildman–Crippen LogP) is 3.52. The van der Waals surface area contributed by atoms with Crippen molar-refractivity contribution in [1.29, 1.82) is 0 Å². The van der Waals surface area contributed by atoms with Crippen LogP contribution < -0.4 is 4.90 Å². The van der Waals surface area contributed by atoms with Gasteiger partial charge in [0.2, 0.25) is 0 Å². The Morgan fingerprint density at radius 3 is 3.00 bits per heavy atom. The van der Waals surface area contributed by atoms with Crippen LogP contribution in [0, 0.1) is 0 Å². The number of rotatable bonds is 3. The highest BCUT2D eigenvalue weighted by atomic mass is 15.1. The molecule has 0 spiro atoms. The van der Waals surface area contributed by atoms with Crippen LogP contribution in [0.2, 0.25) is 0 Å². The summed E-state index contributed by atoms with van der Waals surface area (Å²) in [6.07, 6.45) is 8.84. The molecule has 2 N–H and O–H groups in total. The van der Waals surface area contributed by atoms with Gasteiger partial charge >= 0.3 is 0 Å². The van der Waals surface area contributed by atoms with Gasteiger partial charge in [0.15, 0.2) is 0 Å². The molecule has 24 heavy (non-hydrogen) atoms. The van der Waals surface area contributed by atoms with Gasteiger partial charge in [-0.05, 0) is 29.7 Å². The van der Waals surface area contributed by atoms with Gasteiger partial charge in [0.25, 0.3) is 0 Å². The lowest BCUT2D eigenvalue weighted by Gasteiger charge is -2.19. The molecular weight excluding hydrogens is 298 g/mol. The minimum absolute atomic E-state index is 0.885. The molecule has 0 aliphatic carbocycles. The van der Waals surface area contributed by atoms with Crippen LogP contribution in [-0.4, -0.2) is 26.7 Å². The van der Waals surface area contributed by atoms with Gasteiger partial charge in [0, 0.05) is 53.9 Å². The number of nitrogens with zero attached hydrogens (tertiary/aromatic N) is 3. The zero-order valence-corrected chi connectivity index (χ0v) is 13.2. The summed E-state index contributed by atoms with van der Waals surface area (Å²) in [7, 11) is 0.